The van der Waals surface area contributed by atoms with Crippen molar-refractivity contribution in [3.63, 3.8) is 0 Å². The van der Waals surface area contributed by atoms with Gasteiger partial charge in [0.05, 0.1) is 11.7 Å². The molecule has 0 saturated carbocycles. The molecule has 0 aromatic heterocycles. The van der Waals surface area contributed by atoms with Gasteiger partial charge in [0.15, 0.2) is 0 Å². The number of amides is 1. The zero-order valence-corrected chi connectivity index (χ0v) is 11.8. The lowest BCUT2D eigenvalue weighted by Crippen LogP contribution is -2.32. The maximum absolute atomic E-state index is 11.8. The smallest absolute Gasteiger partial charge is 0.234 e. The van der Waals surface area contributed by atoms with Crippen molar-refractivity contribution in [3.8, 4) is 0 Å². The van der Waals surface area contributed by atoms with Gasteiger partial charge >= 0.3 is 0 Å². The van der Waals surface area contributed by atoms with Gasteiger partial charge in [-0.25, -0.2) is 0 Å². The molecule has 104 valence electrons. The normalized spacial score (nSPS) is 12.1. The highest BCUT2D eigenvalue weighted by molar-refractivity contribution is 8.01. The molecule has 0 radical (unpaired) electrons. The van der Waals surface area contributed by atoms with Crippen LogP contribution in [0.3, 0.4) is 0 Å². The van der Waals surface area contributed by atoms with Gasteiger partial charge in [0.25, 0.3) is 0 Å². The number of anilines is 1. The van der Waals surface area contributed by atoms with Crippen LogP contribution in [0.5, 0.6) is 0 Å². The van der Waals surface area contributed by atoms with Crippen LogP contribution in [0.1, 0.15) is 6.92 Å². The summed E-state index contributed by atoms with van der Waals surface area (Å²) < 4.78 is 0. The number of aliphatic carboxylic acids is 1. The van der Waals surface area contributed by atoms with E-state index in [4.69, 9.17) is 0 Å². The van der Waals surface area contributed by atoms with E-state index in [9.17, 15) is 14.7 Å². The maximum Gasteiger partial charge on any atom is 0.234 e. The quantitative estimate of drug-likeness (QED) is 0.908. The molecule has 1 amide bonds. The first-order valence-corrected chi connectivity index (χ1v) is 7.23. The summed E-state index contributed by atoms with van der Waals surface area (Å²) in [5, 5.41) is 14.7. The average Bonchev–Trinajstić information content (AvgIpc) is 2.45. The van der Waals surface area contributed by atoms with E-state index in [0.717, 1.165) is 28.2 Å². The van der Waals surface area contributed by atoms with E-state index < -0.39 is 11.2 Å². The molecule has 2 rings (SSSR count). The first-order chi connectivity index (χ1) is 9.58. The van der Waals surface area contributed by atoms with E-state index in [1.165, 1.54) is 6.92 Å². The minimum atomic E-state index is -1.16. The van der Waals surface area contributed by atoms with Crippen LogP contribution in [-0.2, 0) is 9.59 Å². The fourth-order valence-electron chi connectivity index (χ4n) is 1.79. The van der Waals surface area contributed by atoms with Gasteiger partial charge in [-0.2, -0.15) is 0 Å². The largest absolute Gasteiger partial charge is 0.549 e. The molecule has 2 aromatic carbocycles. The molecule has 1 atom stereocenters. The van der Waals surface area contributed by atoms with Gasteiger partial charge in [-0.05, 0) is 18.4 Å². The van der Waals surface area contributed by atoms with Gasteiger partial charge in [0.2, 0.25) is 5.91 Å². The predicted molar refractivity (Wildman–Crippen MR) is 79.5 cm³/mol. The molecule has 20 heavy (non-hydrogen) atoms. The number of hydrogen-bond donors (Lipinski definition) is 1. The Balaban J connectivity index is 2.05. The van der Waals surface area contributed by atoms with Crippen molar-refractivity contribution < 1.29 is 14.7 Å². The lowest BCUT2D eigenvalue weighted by molar-refractivity contribution is -0.304. The topological polar surface area (TPSA) is 69.2 Å². The third-order valence-electron chi connectivity index (χ3n) is 2.86. The first kappa shape index (κ1) is 14.4. The number of thioether (sulfide) groups is 1. The number of fused-ring (bicyclic) bond motifs is 1. The van der Waals surface area contributed by atoms with Gasteiger partial charge in [0.1, 0.15) is 0 Å². The molecule has 0 unspecified atom stereocenters. The zero-order valence-electron chi connectivity index (χ0n) is 11.0. The summed E-state index contributed by atoms with van der Waals surface area (Å²) in [4.78, 5) is 22.4. The van der Waals surface area contributed by atoms with Crippen molar-refractivity contribution in [3.05, 3.63) is 42.5 Å². The minimum Gasteiger partial charge on any atom is -0.549 e. The summed E-state index contributed by atoms with van der Waals surface area (Å²) in [5.41, 5.74) is 0.731. The number of rotatable bonds is 5. The van der Waals surface area contributed by atoms with Gasteiger partial charge in [-0.1, -0.05) is 36.4 Å². The third-order valence-corrected chi connectivity index (χ3v) is 3.98. The van der Waals surface area contributed by atoms with Crippen molar-refractivity contribution in [1.29, 1.82) is 0 Å². The molecule has 0 bridgehead atoms. The van der Waals surface area contributed by atoms with E-state index in [0.29, 0.717) is 0 Å². The standard InChI is InChI=1S/C15H15NO3S/c1-10(15(18)19)20-9-14(17)16-13-8-4-6-11-5-2-3-7-12(11)13/h2-8,10H,9H2,1H3,(H,16,17)(H,18,19)/p-1/t10-/m1/s1. The maximum atomic E-state index is 11.8. The molecule has 0 aliphatic heterocycles. The lowest BCUT2D eigenvalue weighted by atomic mass is 10.1. The van der Waals surface area contributed by atoms with Crippen LogP contribution in [0.25, 0.3) is 10.8 Å². The Morgan fingerprint density at radius 3 is 2.65 bits per heavy atom. The van der Waals surface area contributed by atoms with Crippen LogP contribution in [-0.4, -0.2) is 22.9 Å². The summed E-state index contributed by atoms with van der Waals surface area (Å²) in [7, 11) is 0. The van der Waals surface area contributed by atoms with E-state index in [-0.39, 0.29) is 11.7 Å². The second-order valence-corrected chi connectivity index (χ2v) is 5.68. The van der Waals surface area contributed by atoms with E-state index >= 15 is 0 Å². The number of carboxylic acid groups (broad SMARTS) is 1. The Hall–Kier alpha value is -2.01. The van der Waals surface area contributed by atoms with Crippen LogP contribution in [0.15, 0.2) is 42.5 Å². The van der Waals surface area contributed by atoms with Crippen molar-refractivity contribution >= 4 is 40.1 Å². The van der Waals surface area contributed by atoms with Gasteiger partial charge in [-0.3, -0.25) is 4.79 Å². The number of carbonyl (C=O) groups is 2. The number of nitrogens with one attached hydrogen (secondary N) is 1. The van der Waals surface area contributed by atoms with Crippen LogP contribution < -0.4 is 10.4 Å². The Kier molecular flexibility index (Phi) is 4.63. The molecule has 0 saturated heterocycles. The van der Waals surface area contributed by atoms with Crippen molar-refractivity contribution in [2.45, 2.75) is 12.2 Å². The molecule has 2 aromatic rings. The van der Waals surface area contributed by atoms with Crippen molar-refractivity contribution in [1.82, 2.24) is 0 Å². The molecule has 0 aliphatic rings. The van der Waals surface area contributed by atoms with Gasteiger partial charge in [0, 0.05) is 16.3 Å². The molecular formula is C15H14NO3S-. The second kappa shape index (κ2) is 6.43. The minimum absolute atomic E-state index is 0.0817. The van der Waals surface area contributed by atoms with E-state index in [1.54, 1.807) is 0 Å². The molecule has 0 aliphatic carbocycles. The highest BCUT2D eigenvalue weighted by Crippen LogP contribution is 2.23. The van der Waals surface area contributed by atoms with E-state index in [2.05, 4.69) is 5.32 Å². The Labute approximate surface area is 121 Å². The molecular weight excluding hydrogens is 274 g/mol. The summed E-state index contributed by atoms with van der Waals surface area (Å²) in [6.07, 6.45) is 0. The molecule has 5 heteroatoms. The summed E-state index contributed by atoms with van der Waals surface area (Å²) >= 11 is 1.04. The predicted octanol–water partition coefficient (Wildman–Crippen LogP) is 1.65. The van der Waals surface area contributed by atoms with Gasteiger partial charge in [-0.15, -0.1) is 11.8 Å². The second-order valence-electron chi connectivity index (χ2n) is 4.35. The molecule has 0 fully saturated rings. The number of hydrogen-bond acceptors (Lipinski definition) is 4. The molecule has 1 N–H and O–H groups in total. The third kappa shape index (κ3) is 3.51. The average molecular weight is 288 g/mol. The number of carboxylic acids is 1. The highest BCUT2D eigenvalue weighted by Gasteiger charge is 2.09. The van der Waals surface area contributed by atoms with E-state index in [1.807, 2.05) is 42.5 Å². The molecule has 0 heterocycles. The fraction of sp³-hybridized carbons (Fsp3) is 0.200. The Bertz CT molecular complexity index is 637. The summed E-state index contributed by atoms with van der Waals surface area (Å²) in [6, 6.07) is 13.4. The number of benzene rings is 2. The molecule has 0 spiro atoms. The SMILES string of the molecule is C[C@@H](SCC(=O)Nc1cccc2ccccc12)C(=O)[O-]. The Morgan fingerprint density at radius 2 is 1.90 bits per heavy atom. The van der Waals surface area contributed by atoms with Crippen molar-refractivity contribution in [2.75, 3.05) is 11.1 Å². The monoisotopic (exact) mass is 288 g/mol. The molecule has 4 nitrogen and oxygen atoms in total. The first-order valence-electron chi connectivity index (χ1n) is 6.18. The lowest BCUT2D eigenvalue weighted by Gasteiger charge is -2.12. The Morgan fingerprint density at radius 1 is 1.20 bits per heavy atom. The summed E-state index contributed by atoms with van der Waals surface area (Å²) in [6.45, 7) is 1.51. The highest BCUT2D eigenvalue weighted by atomic mass is 32.2. The van der Waals surface area contributed by atoms with Crippen LogP contribution in [0.2, 0.25) is 0 Å². The van der Waals surface area contributed by atoms with Crippen LogP contribution in [0, 0.1) is 0 Å². The van der Waals surface area contributed by atoms with Crippen molar-refractivity contribution in [2.24, 2.45) is 0 Å². The van der Waals surface area contributed by atoms with Crippen LogP contribution >= 0.6 is 11.8 Å². The number of carbonyl (C=O) groups excluding carboxylic acids is 2. The summed E-state index contributed by atoms with van der Waals surface area (Å²) in [5.74, 6) is -1.30. The zero-order chi connectivity index (χ0) is 14.5. The van der Waals surface area contributed by atoms with Crippen LogP contribution in [0.4, 0.5) is 5.69 Å². The van der Waals surface area contributed by atoms with Gasteiger partial charge < -0.3 is 15.2 Å². The fourth-order valence-corrected chi connectivity index (χ4v) is 2.40.